The van der Waals surface area contributed by atoms with Gasteiger partial charge in [0.05, 0.1) is 21.6 Å². The van der Waals surface area contributed by atoms with Gasteiger partial charge in [0.1, 0.15) is 0 Å². The Kier molecular flexibility index (Phi) is 28.7. The van der Waals surface area contributed by atoms with E-state index in [0.29, 0.717) is 6.54 Å². The van der Waals surface area contributed by atoms with Crippen LogP contribution in [0.2, 0.25) is 0 Å². The molecule has 0 aromatic heterocycles. The molecule has 0 radical (unpaired) electrons. The van der Waals surface area contributed by atoms with E-state index >= 15 is 0 Å². The van der Waals surface area contributed by atoms with E-state index < -0.39 is 31.6 Å². The molecule has 0 fully saturated rings. The Balaban J connectivity index is 0. The molecule has 206 valence electrons. The van der Waals surface area contributed by atoms with Crippen molar-refractivity contribution in [1.29, 1.82) is 0 Å². The van der Waals surface area contributed by atoms with Gasteiger partial charge in [-0.05, 0) is 6.42 Å². The van der Waals surface area contributed by atoms with Crippen molar-refractivity contribution in [1.82, 2.24) is 4.72 Å². The molecule has 0 heterocycles. The van der Waals surface area contributed by atoms with Crippen LogP contribution < -0.4 is 34.3 Å². The Labute approximate surface area is 240 Å². The molecule has 0 bridgehead atoms. The topological polar surface area (TPSA) is 103 Å². The van der Waals surface area contributed by atoms with Crippen LogP contribution >= 0.6 is 0 Å². The van der Waals surface area contributed by atoms with Gasteiger partial charge >= 0.3 is 29.6 Å². The Morgan fingerprint density at radius 2 is 0.771 bits per heavy atom. The van der Waals surface area contributed by atoms with Crippen molar-refractivity contribution < 1.29 is 50.9 Å². The molecule has 0 saturated carbocycles. The first-order valence-corrected chi connectivity index (χ1v) is 17.4. The second-order valence-corrected chi connectivity index (χ2v) is 13.3. The van der Waals surface area contributed by atoms with Gasteiger partial charge in [-0.25, -0.2) is 21.6 Å². The van der Waals surface area contributed by atoms with Crippen LogP contribution in [-0.2, 0) is 20.1 Å². The molecule has 0 spiro atoms. The minimum Gasteiger partial charge on any atom is -0.748 e. The van der Waals surface area contributed by atoms with Gasteiger partial charge in [0.2, 0.25) is 10.0 Å². The van der Waals surface area contributed by atoms with Gasteiger partial charge in [-0.15, -0.1) is 0 Å². The number of unbranched alkanes of at least 4 members (excludes halogenated alkanes) is 21. The van der Waals surface area contributed by atoms with E-state index in [9.17, 15) is 21.4 Å². The molecule has 0 unspecified atom stereocenters. The van der Waals surface area contributed by atoms with Gasteiger partial charge in [0.25, 0.3) is 0 Å². The largest absolute Gasteiger partial charge is 1.00 e. The minimum atomic E-state index is -4.49. The molecule has 0 aromatic carbocycles. The summed E-state index contributed by atoms with van der Waals surface area (Å²) in [6.45, 7) is 2.58. The molecule has 0 rings (SSSR count). The minimum absolute atomic E-state index is 0. The van der Waals surface area contributed by atoms with Crippen LogP contribution in [-0.4, -0.2) is 39.4 Å². The van der Waals surface area contributed by atoms with E-state index in [1.54, 1.807) is 0 Å². The molecule has 35 heavy (non-hydrogen) atoms. The van der Waals surface area contributed by atoms with Crippen molar-refractivity contribution in [2.24, 2.45) is 0 Å². The van der Waals surface area contributed by atoms with Crippen molar-refractivity contribution in [2.75, 3.05) is 18.1 Å². The fraction of sp³-hybridized carbons (Fsp3) is 1.00. The quantitative estimate of drug-likeness (QED) is 0.0949. The Morgan fingerprint density at radius 1 is 0.486 bits per heavy atom. The molecule has 6 nitrogen and oxygen atoms in total. The maximum Gasteiger partial charge on any atom is 1.00 e. The number of hydrogen-bond acceptors (Lipinski definition) is 5. The number of rotatable bonds is 27. The summed E-state index contributed by atoms with van der Waals surface area (Å²) in [5, 5.41) is 0. The second-order valence-electron chi connectivity index (χ2n) is 9.90. The van der Waals surface area contributed by atoms with Crippen LogP contribution in [0.1, 0.15) is 148 Å². The predicted molar refractivity (Wildman–Crippen MR) is 144 cm³/mol. The SMILES string of the molecule is CCCCCCCCCCCCCCCCCCCCCCCCNS(=O)(=O)CCS(=O)(=O)[O-].[Na+]. The summed E-state index contributed by atoms with van der Waals surface area (Å²) in [7, 11) is -8.16. The van der Waals surface area contributed by atoms with E-state index in [1.165, 1.54) is 122 Å². The van der Waals surface area contributed by atoms with Crippen molar-refractivity contribution >= 4 is 20.1 Å². The predicted octanol–water partition coefficient (Wildman–Crippen LogP) is 4.06. The molecule has 0 saturated heterocycles. The summed E-state index contributed by atoms with van der Waals surface area (Å²) in [6.07, 6.45) is 28.9. The van der Waals surface area contributed by atoms with Crippen molar-refractivity contribution in [3.05, 3.63) is 0 Å². The maximum atomic E-state index is 11.6. The molecule has 0 aliphatic heterocycles. The van der Waals surface area contributed by atoms with E-state index in [2.05, 4.69) is 11.6 Å². The third-order valence-electron chi connectivity index (χ3n) is 6.45. The molecule has 0 amide bonds. The summed E-state index contributed by atoms with van der Waals surface area (Å²) >= 11 is 0. The zero-order valence-corrected chi connectivity index (χ0v) is 26.7. The summed E-state index contributed by atoms with van der Waals surface area (Å²) in [6, 6.07) is 0. The Bertz CT molecular complexity index is 642. The monoisotopic (exact) mass is 547 g/mol. The van der Waals surface area contributed by atoms with Crippen LogP contribution in [0.15, 0.2) is 0 Å². The molecule has 1 N–H and O–H groups in total. The fourth-order valence-electron chi connectivity index (χ4n) is 4.25. The van der Waals surface area contributed by atoms with Gasteiger partial charge in [0, 0.05) is 6.54 Å². The average Bonchev–Trinajstić information content (AvgIpc) is 2.78. The average molecular weight is 548 g/mol. The first kappa shape index (κ1) is 38.0. The number of nitrogens with one attached hydrogen (secondary N) is 1. The van der Waals surface area contributed by atoms with Gasteiger partial charge in [-0.3, -0.25) is 0 Å². The van der Waals surface area contributed by atoms with E-state index in [4.69, 9.17) is 0 Å². The van der Waals surface area contributed by atoms with E-state index in [-0.39, 0.29) is 29.6 Å². The Morgan fingerprint density at radius 3 is 1.06 bits per heavy atom. The van der Waals surface area contributed by atoms with Crippen LogP contribution in [0, 0.1) is 0 Å². The zero-order chi connectivity index (χ0) is 25.4. The van der Waals surface area contributed by atoms with Crippen molar-refractivity contribution in [3.8, 4) is 0 Å². The van der Waals surface area contributed by atoms with E-state index in [0.717, 1.165) is 19.3 Å². The third kappa shape index (κ3) is 32.8. The first-order chi connectivity index (χ1) is 16.3. The van der Waals surface area contributed by atoms with Gasteiger partial charge in [0.15, 0.2) is 0 Å². The van der Waals surface area contributed by atoms with Gasteiger partial charge in [-0.2, -0.15) is 0 Å². The number of sulfonamides is 1. The number of hydrogen-bond donors (Lipinski definition) is 1. The van der Waals surface area contributed by atoms with Gasteiger partial charge in [-0.1, -0.05) is 142 Å². The van der Waals surface area contributed by atoms with Crippen molar-refractivity contribution in [2.45, 2.75) is 148 Å². The zero-order valence-electron chi connectivity index (χ0n) is 23.0. The van der Waals surface area contributed by atoms with Crippen LogP contribution in [0.5, 0.6) is 0 Å². The maximum absolute atomic E-state index is 11.6. The molecule has 0 aliphatic rings. The van der Waals surface area contributed by atoms with Crippen LogP contribution in [0.3, 0.4) is 0 Å². The van der Waals surface area contributed by atoms with Crippen LogP contribution in [0.25, 0.3) is 0 Å². The molecule has 0 aliphatic carbocycles. The van der Waals surface area contributed by atoms with Gasteiger partial charge < -0.3 is 4.55 Å². The van der Waals surface area contributed by atoms with Crippen LogP contribution in [0.4, 0.5) is 0 Å². The standard InChI is InChI=1S/C26H55NO5S2.Na/c1-2-3-4-5-6-7-8-9-10-11-12-13-14-15-16-17-18-19-20-21-22-23-24-27-33(28,29)25-26-34(30,31)32;/h27H,2-26H2,1H3,(H,30,31,32);/q;+1/p-1. The molecular weight excluding hydrogens is 493 g/mol. The summed E-state index contributed by atoms with van der Waals surface area (Å²) in [5.74, 6) is -1.53. The summed E-state index contributed by atoms with van der Waals surface area (Å²) < 4.78 is 57.0. The smallest absolute Gasteiger partial charge is 0.748 e. The second kappa shape index (κ2) is 26.4. The molecular formula is C26H54NNaO5S2. The molecule has 9 heteroatoms. The molecule has 0 atom stereocenters. The first-order valence-electron chi connectivity index (χ1n) is 14.2. The molecule has 0 aromatic rings. The third-order valence-corrected chi connectivity index (χ3v) is 8.80. The Hall–Kier alpha value is 0.820. The fourth-order valence-corrected chi connectivity index (χ4v) is 6.54. The normalized spacial score (nSPS) is 12.1. The van der Waals surface area contributed by atoms with E-state index in [1.807, 2.05) is 0 Å². The summed E-state index contributed by atoms with van der Waals surface area (Å²) in [4.78, 5) is 0. The van der Waals surface area contributed by atoms with Crippen molar-refractivity contribution in [3.63, 3.8) is 0 Å². The summed E-state index contributed by atoms with van der Waals surface area (Å²) in [5.41, 5.74) is 0.